The molecule has 13 heavy (non-hydrogen) atoms. The first kappa shape index (κ1) is 11.4. The van der Waals surface area contributed by atoms with E-state index in [4.69, 9.17) is 11.6 Å². The van der Waals surface area contributed by atoms with Gasteiger partial charge in [0.1, 0.15) is 0 Å². The molecule has 0 heterocycles. The molecule has 0 aromatic rings. The van der Waals surface area contributed by atoms with Gasteiger partial charge in [-0.15, -0.1) is 11.6 Å². The summed E-state index contributed by atoms with van der Waals surface area (Å²) in [4.78, 5) is 0. The minimum absolute atomic E-state index is 0.501. The zero-order valence-corrected chi connectivity index (χ0v) is 9.65. The third-order valence-electron chi connectivity index (χ3n) is 3.19. The summed E-state index contributed by atoms with van der Waals surface area (Å²) in [5, 5.41) is 0.501. The van der Waals surface area contributed by atoms with Gasteiger partial charge in [0.05, 0.1) is 0 Å². The topological polar surface area (TPSA) is 0 Å². The molecule has 1 rings (SSSR count). The van der Waals surface area contributed by atoms with Gasteiger partial charge in [-0.2, -0.15) is 0 Å². The molecule has 0 spiro atoms. The van der Waals surface area contributed by atoms with E-state index in [1.54, 1.807) is 0 Å². The van der Waals surface area contributed by atoms with Crippen molar-refractivity contribution < 1.29 is 0 Å². The number of halogens is 1. The smallest absolute Gasteiger partial charge is 0.0338 e. The molecule has 0 aromatic heterocycles. The van der Waals surface area contributed by atoms with E-state index in [2.05, 4.69) is 6.92 Å². The normalized spacial score (nSPS) is 28.2. The van der Waals surface area contributed by atoms with Crippen LogP contribution in [0.3, 0.4) is 0 Å². The molecule has 78 valence electrons. The highest BCUT2D eigenvalue weighted by atomic mass is 35.5. The molecule has 1 saturated carbocycles. The van der Waals surface area contributed by atoms with Gasteiger partial charge in [-0.3, -0.25) is 0 Å². The van der Waals surface area contributed by atoms with E-state index in [1.165, 1.54) is 57.8 Å². The molecule has 0 aromatic carbocycles. The summed E-state index contributed by atoms with van der Waals surface area (Å²) in [6.45, 7) is 2.27. The van der Waals surface area contributed by atoms with Gasteiger partial charge in [0.2, 0.25) is 0 Å². The van der Waals surface area contributed by atoms with Gasteiger partial charge >= 0.3 is 0 Å². The minimum atomic E-state index is 0.501. The van der Waals surface area contributed by atoms with Gasteiger partial charge in [-0.1, -0.05) is 45.4 Å². The van der Waals surface area contributed by atoms with Gasteiger partial charge in [0.15, 0.2) is 0 Å². The van der Waals surface area contributed by atoms with Crippen LogP contribution in [0, 0.1) is 5.92 Å². The van der Waals surface area contributed by atoms with Crippen molar-refractivity contribution >= 4 is 11.6 Å². The molecule has 0 saturated heterocycles. The summed E-state index contributed by atoms with van der Waals surface area (Å²) in [5.74, 6) is 0.962. The van der Waals surface area contributed by atoms with E-state index in [1.807, 2.05) is 0 Å². The Bertz CT molecular complexity index is 122. The minimum Gasteiger partial charge on any atom is -0.123 e. The zero-order valence-electron chi connectivity index (χ0n) is 8.90. The van der Waals surface area contributed by atoms with E-state index in [0.29, 0.717) is 5.38 Å². The second-order valence-electron chi connectivity index (χ2n) is 4.48. The van der Waals surface area contributed by atoms with Crippen LogP contribution in [-0.4, -0.2) is 5.38 Å². The molecule has 0 aliphatic heterocycles. The standard InChI is InChI=1S/C12H23Cl/c1-2-3-4-5-6-7-11-8-9-12(13)10-11/h11-12H,2-10H2,1H3. The van der Waals surface area contributed by atoms with Crippen LogP contribution in [0.15, 0.2) is 0 Å². The average molecular weight is 203 g/mol. The predicted octanol–water partition coefficient (Wildman–Crippen LogP) is 4.75. The zero-order chi connectivity index (χ0) is 9.52. The first-order valence-electron chi connectivity index (χ1n) is 5.97. The van der Waals surface area contributed by atoms with E-state index < -0.39 is 0 Å². The molecule has 2 atom stereocenters. The third kappa shape index (κ3) is 4.90. The maximum atomic E-state index is 6.07. The van der Waals surface area contributed by atoms with Gasteiger partial charge in [-0.25, -0.2) is 0 Å². The first-order valence-corrected chi connectivity index (χ1v) is 6.40. The molecule has 0 amide bonds. The molecule has 0 N–H and O–H groups in total. The lowest BCUT2D eigenvalue weighted by Crippen LogP contribution is -1.95. The van der Waals surface area contributed by atoms with Crippen LogP contribution in [0.5, 0.6) is 0 Å². The molecule has 1 aliphatic rings. The molecule has 0 nitrogen and oxygen atoms in total. The van der Waals surface area contributed by atoms with Crippen molar-refractivity contribution in [1.29, 1.82) is 0 Å². The van der Waals surface area contributed by atoms with Crippen molar-refractivity contribution in [3.63, 3.8) is 0 Å². The maximum Gasteiger partial charge on any atom is 0.0338 e. The van der Waals surface area contributed by atoms with Crippen LogP contribution in [0.2, 0.25) is 0 Å². The van der Waals surface area contributed by atoms with E-state index in [0.717, 1.165) is 5.92 Å². The summed E-state index contributed by atoms with van der Waals surface area (Å²) in [5.41, 5.74) is 0. The van der Waals surface area contributed by atoms with Crippen LogP contribution >= 0.6 is 11.6 Å². The lowest BCUT2D eigenvalue weighted by Gasteiger charge is -2.07. The third-order valence-corrected chi connectivity index (χ3v) is 3.59. The second-order valence-corrected chi connectivity index (χ2v) is 5.10. The molecular formula is C12H23Cl. The van der Waals surface area contributed by atoms with E-state index >= 15 is 0 Å². The fraction of sp³-hybridized carbons (Fsp3) is 1.00. The highest BCUT2D eigenvalue weighted by Gasteiger charge is 2.21. The summed E-state index contributed by atoms with van der Waals surface area (Å²) in [6.07, 6.45) is 12.5. The highest BCUT2D eigenvalue weighted by Crippen LogP contribution is 2.32. The molecule has 1 fully saturated rings. The summed E-state index contributed by atoms with van der Waals surface area (Å²) >= 11 is 6.07. The van der Waals surface area contributed by atoms with Crippen LogP contribution < -0.4 is 0 Å². The van der Waals surface area contributed by atoms with Crippen molar-refractivity contribution in [2.24, 2.45) is 5.92 Å². The van der Waals surface area contributed by atoms with Gasteiger partial charge < -0.3 is 0 Å². The number of unbranched alkanes of at least 4 members (excludes halogenated alkanes) is 4. The first-order chi connectivity index (χ1) is 6.33. The van der Waals surface area contributed by atoms with Gasteiger partial charge in [-0.05, 0) is 25.2 Å². The fourth-order valence-corrected chi connectivity index (χ4v) is 2.69. The van der Waals surface area contributed by atoms with Crippen LogP contribution in [0.4, 0.5) is 0 Å². The van der Waals surface area contributed by atoms with Crippen molar-refractivity contribution in [2.75, 3.05) is 0 Å². The van der Waals surface area contributed by atoms with E-state index in [9.17, 15) is 0 Å². The van der Waals surface area contributed by atoms with Crippen molar-refractivity contribution in [1.82, 2.24) is 0 Å². The molecule has 0 radical (unpaired) electrons. The quantitative estimate of drug-likeness (QED) is 0.431. The Labute approximate surface area is 88.1 Å². The summed E-state index contributed by atoms with van der Waals surface area (Å²) in [6, 6.07) is 0. The SMILES string of the molecule is CCCCCCCC1CCC(Cl)C1. The molecule has 1 aliphatic carbocycles. The van der Waals surface area contributed by atoms with Gasteiger partial charge in [0.25, 0.3) is 0 Å². The van der Waals surface area contributed by atoms with Crippen LogP contribution in [0.25, 0.3) is 0 Å². The van der Waals surface area contributed by atoms with Gasteiger partial charge in [0, 0.05) is 5.38 Å². The Morgan fingerprint density at radius 2 is 1.85 bits per heavy atom. The number of hydrogen-bond donors (Lipinski definition) is 0. The van der Waals surface area contributed by atoms with Crippen molar-refractivity contribution in [2.45, 2.75) is 70.1 Å². The van der Waals surface area contributed by atoms with Crippen LogP contribution in [0.1, 0.15) is 64.7 Å². The summed E-state index contributed by atoms with van der Waals surface area (Å²) in [7, 11) is 0. The Balaban J connectivity index is 1.88. The Morgan fingerprint density at radius 3 is 2.46 bits per heavy atom. The Morgan fingerprint density at radius 1 is 1.08 bits per heavy atom. The molecule has 0 bridgehead atoms. The average Bonchev–Trinajstić information content (AvgIpc) is 2.51. The van der Waals surface area contributed by atoms with Crippen molar-refractivity contribution in [3.05, 3.63) is 0 Å². The lowest BCUT2D eigenvalue weighted by molar-refractivity contribution is 0.464. The van der Waals surface area contributed by atoms with Crippen molar-refractivity contribution in [3.8, 4) is 0 Å². The molecular weight excluding hydrogens is 180 g/mol. The number of alkyl halides is 1. The molecule has 2 unspecified atom stereocenters. The van der Waals surface area contributed by atoms with E-state index in [-0.39, 0.29) is 0 Å². The molecule has 1 heteroatoms. The summed E-state index contributed by atoms with van der Waals surface area (Å²) < 4.78 is 0. The Kier molecular flexibility index (Phi) is 5.86. The predicted molar refractivity (Wildman–Crippen MR) is 60.4 cm³/mol. The monoisotopic (exact) mass is 202 g/mol. The highest BCUT2D eigenvalue weighted by molar-refractivity contribution is 6.20. The second kappa shape index (κ2) is 6.70. The maximum absolute atomic E-state index is 6.07. The largest absolute Gasteiger partial charge is 0.123 e. The lowest BCUT2D eigenvalue weighted by atomic mass is 9.99. The fourth-order valence-electron chi connectivity index (χ4n) is 2.31. The Hall–Kier alpha value is 0.290. The number of rotatable bonds is 6. The number of hydrogen-bond acceptors (Lipinski definition) is 0. The van der Waals surface area contributed by atoms with Crippen LogP contribution in [-0.2, 0) is 0 Å².